The highest BCUT2D eigenvalue weighted by Crippen LogP contribution is 2.41. The highest BCUT2D eigenvalue weighted by molar-refractivity contribution is 7.99. The van der Waals surface area contributed by atoms with Crippen LogP contribution in [0.5, 0.6) is 0 Å². The number of hydrogen-bond donors (Lipinski definition) is 2. The van der Waals surface area contributed by atoms with Gasteiger partial charge in [-0.05, 0) is 43.2 Å². The number of nitrogens with zero attached hydrogens (tertiary/aromatic N) is 2. The van der Waals surface area contributed by atoms with Gasteiger partial charge < -0.3 is 19.9 Å². The van der Waals surface area contributed by atoms with Gasteiger partial charge in [0.2, 0.25) is 5.91 Å². The molecule has 2 aromatic carbocycles. The fraction of sp³-hybridized carbons (Fsp3) is 0.269. The van der Waals surface area contributed by atoms with Crippen LogP contribution in [-0.2, 0) is 21.4 Å². The Labute approximate surface area is 223 Å². The maximum absolute atomic E-state index is 13.1. The summed E-state index contributed by atoms with van der Waals surface area (Å²) in [5.74, 6) is -2.00. The summed E-state index contributed by atoms with van der Waals surface area (Å²) >= 11 is 14.7. The summed E-state index contributed by atoms with van der Waals surface area (Å²) in [5.41, 5.74) is 1.84. The summed E-state index contributed by atoms with van der Waals surface area (Å²) in [6, 6.07) is 11.8. The zero-order chi connectivity index (χ0) is 26.0. The second-order valence-corrected chi connectivity index (χ2v) is 10.5. The van der Waals surface area contributed by atoms with Gasteiger partial charge in [0, 0.05) is 64.1 Å². The highest BCUT2D eigenvalue weighted by atomic mass is 35.5. The van der Waals surface area contributed by atoms with Crippen LogP contribution in [0, 0.1) is 5.92 Å². The predicted molar refractivity (Wildman–Crippen MR) is 142 cm³/mol. The molecule has 2 amide bonds. The average molecular weight is 546 g/mol. The van der Waals surface area contributed by atoms with E-state index in [0.29, 0.717) is 36.5 Å². The van der Waals surface area contributed by atoms with Crippen LogP contribution in [-0.4, -0.2) is 52.0 Å². The largest absolute Gasteiger partial charge is 0.480 e. The normalized spacial score (nSPS) is 14.1. The van der Waals surface area contributed by atoms with Gasteiger partial charge in [-0.25, -0.2) is 0 Å². The third kappa shape index (κ3) is 5.56. The molecule has 7 nitrogen and oxygen atoms in total. The number of aliphatic carboxylic acids is 1. The van der Waals surface area contributed by atoms with Crippen molar-refractivity contribution in [2.75, 3.05) is 19.6 Å². The minimum absolute atomic E-state index is 0.234. The van der Waals surface area contributed by atoms with Crippen LogP contribution in [0.4, 0.5) is 0 Å². The molecule has 4 rings (SSSR count). The number of halogens is 2. The quantitative estimate of drug-likeness (QED) is 0.403. The third-order valence-corrected chi connectivity index (χ3v) is 8.33. The summed E-state index contributed by atoms with van der Waals surface area (Å²) in [6.45, 7) is 4.28. The SMILES string of the molecule is C=C(C(=O)N1CCC(C(=O)NCC(=O)O)CC1)c1ccc(Sc2ccc3c(ccn3C)c2)c(Cl)c1Cl. The van der Waals surface area contributed by atoms with E-state index in [2.05, 4.69) is 34.7 Å². The van der Waals surface area contributed by atoms with Crippen LogP contribution in [0.3, 0.4) is 0 Å². The number of piperidine rings is 1. The number of carboxylic acids is 1. The first-order valence-electron chi connectivity index (χ1n) is 11.3. The van der Waals surface area contributed by atoms with E-state index in [4.69, 9.17) is 28.3 Å². The minimum Gasteiger partial charge on any atom is -0.480 e. The fourth-order valence-corrected chi connectivity index (χ4v) is 5.77. The van der Waals surface area contributed by atoms with E-state index >= 15 is 0 Å². The molecule has 0 saturated carbocycles. The van der Waals surface area contributed by atoms with E-state index in [9.17, 15) is 14.4 Å². The summed E-state index contributed by atoms with van der Waals surface area (Å²) in [6.07, 6.45) is 2.90. The number of aryl methyl sites for hydroxylation is 1. The number of amides is 2. The highest BCUT2D eigenvalue weighted by Gasteiger charge is 2.29. The van der Waals surface area contributed by atoms with E-state index < -0.39 is 12.5 Å². The maximum Gasteiger partial charge on any atom is 0.322 e. The van der Waals surface area contributed by atoms with Gasteiger partial charge in [0.15, 0.2) is 0 Å². The summed E-state index contributed by atoms with van der Waals surface area (Å²) in [4.78, 5) is 39.3. The van der Waals surface area contributed by atoms with Crippen LogP contribution in [0.2, 0.25) is 10.0 Å². The molecule has 188 valence electrons. The Morgan fingerprint density at radius 2 is 1.83 bits per heavy atom. The number of hydrogen-bond acceptors (Lipinski definition) is 4. The molecule has 1 saturated heterocycles. The molecule has 0 atom stereocenters. The number of likely N-dealkylation sites (tertiary alicyclic amines) is 1. The first-order valence-corrected chi connectivity index (χ1v) is 12.9. The molecule has 1 aliphatic rings. The summed E-state index contributed by atoms with van der Waals surface area (Å²) in [5, 5.41) is 12.9. The van der Waals surface area contributed by atoms with Crippen molar-refractivity contribution in [3.63, 3.8) is 0 Å². The van der Waals surface area contributed by atoms with Gasteiger partial charge in [-0.15, -0.1) is 0 Å². The van der Waals surface area contributed by atoms with Gasteiger partial charge in [0.05, 0.1) is 10.0 Å². The van der Waals surface area contributed by atoms with Gasteiger partial charge >= 0.3 is 5.97 Å². The molecule has 0 unspecified atom stereocenters. The Bertz CT molecular complexity index is 1360. The van der Waals surface area contributed by atoms with Gasteiger partial charge in [0.25, 0.3) is 5.91 Å². The molecule has 0 radical (unpaired) electrons. The van der Waals surface area contributed by atoms with Crippen molar-refractivity contribution in [3.8, 4) is 0 Å². The zero-order valence-corrected chi connectivity index (χ0v) is 21.9. The number of carbonyl (C=O) groups excluding carboxylic acids is 2. The molecule has 10 heteroatoms. The molecule has 1 aromatic heterocycles. The summed E-state index contributed by atoms with van der Waals surface area (Å²) in [7, 11) is 2.00. The van der Waals surface area contributed by atoms with Crippen LogP contribution in [0.25, 0.3) is 16.5 Å². The lowest BCUT2D eigenvalue weighted by atomic mass is 9.95. The number of carboxylic acid groups (broad SMARTS) is 1. The zero-order valence-electron chi connectivity index (χ0n) is 19.6. The molecule has 2 N–H and O–H groups in total. The second-order valence-electron chi connectivity index (χ2n) is 8.65. The lowest BCUT2D eigenvalue weighted by Crippen LogP contribution is -2.44. The number of benzene rings is 2. The molecule has 3 aromatic rings. The number of rotatable bonds is 7. The lowest BCUT2D eigenvalue weighted by Gasteiger charge is -2.32. The standard InChI is InChI=1S/C26H25Cl2N3O4S/c1-15(26(35)31-11-8-16(9-12-31)25(34)29-14-22(32)33)19-4-6-21(24(28)23(19)27)36-18-3-5-20-17(13-18)7-10-30(20)2/h3-7,10,13,16H,1,8-9,11-12,14H2,2H3,(H,29,34)(H,32,33). The number of carbonyl (C=O) groups is 3. The Balaban J connectivity index is 1.41. The van der Waals surface area contributed by atoms with Crippen molar-refractivity contribution in [3.05, 3.63) is 64.8 Å². The number of aromatic nitrogens is 1. The van der Waals surface area contributed by atoms with Crippen molar-refractivity contribution < 1.29 is 19.5 Å². The van der Waals surface area contributed by atoms with Crippen LogP contribution in [0.1, 0.15) is 18.4 Å². The first kappa shape index (κ1) is 26.1. The molecular weight excluding hydrogens is 521 g/mol. The fourth-order valence-electron chi connectivity index (χ4n) is 4.25. The molecule has 1 fully saturated rings. The van der Waals surface area contributed by atoms with Gasteiger partial charge in [0.1, 0.15) is 6.54 Å². The third-order valence-electron chi connectivity index (χ3n) is 6.28. The van der Waals surface area contributed by atoms with Gasteiger partial charge in [-0.3, -0.25) is 14.4 Å². The van der Waals surface area contributed by atoms with Gasteiger partial charge in [-0.2, -0.15) is 0 Å². The van der Waals surface area contributed by atoms with Crippen LogP contribution < -0.4 is 5.32 Å². The first-order chi connectivity index (χ1) is 17.2. The molecule has 1 aliphatic heterocycles. The molecule has 0 aliphatic carbocycles. The summed E-state index contributed by atoms with van der Waals surface area (Å²) < 4.78 is 2.06. The van der Waals surface area contributed by atoms with Crippen molar-refractivity contribution in [2.45, 2.75) is 22.6 Å². The van der Waals surface area contributed by atoms with E-state index in [1.165, 1.54) is 11.8 Å². The lowest BCUT2D eigenvalue weighted by molar-refractivity contribution is -0.139. The Morgan fingerprint density at radius 3 is 2.53 bits per heavy atom. The number of nitrogens with one attached hydrogen (secondary N) is 1. The molecular formula is C26H25Cl2N3O4S. The van der Waals surface area contributed by atoms with Crippen molar-refractivity contribution in [1.29, 1.82) is 0 Å². The predicted octanol–water partition coefficient (Wildman–Crippen LogP) is 5.09. The second kappa shape index (κ2) is 11.0. The smallest absolute Gasteiger partial charge is 0.322 e. The Kier molecular flexibility index (Phi) is 7.97. The van der Waals surface area contributed by atoms with E-state index in [-0.39, 0.29) is 28.3 Å². The van der Waals surface area contributed by atoms with Crippen LogP contribution >= 0.6 is 35.0 Å². The topological polar surface area (TPSA) is 91.6 Å². The minimum atomic E-state index is -1.09. The van der Waals surface area contributed by atoms with Gasteiger partial charge in [-0.1, -0.05) is 47.6 Å². The van der Waals surface area contributed by atoms with Crippen molar-refractivity contribution >= 4 is 69.2 Å². The average Bonchev–Trinajstić information content (AvgIpc) is 3.24. The monoisotopic (exact) mass is 545 g/mol. The molecule has 0 spiro atoms. The van der Waals surface area contributed by atoms with Crippen molar-refractivity contribution in [1.82, 2.24) is 14.8 Å². The van der Waals surface area contributed by atoms with E-state index in [1.807, 2.05) is 25.4 Å². The Hall–Kier alpha value is -2.94. The molecule has 2 heterocycles. The maximum atomic E-state index is 13.1. The number of fused-ring (bicyclic) bond motifs is 1. The molecule has 0 bridgehead atoms. The van der Waals surface area contributed by atoms with E-state index in [0.717, 1.165) is 20.7 Å². The van der Waals surface area contributed by atoms with E-state index in [1.54, 1.807) is 11.0 Å². The Morgan fingerprint density at radius 1 is 1.11 bits per heavy atom. The van der Waals surface area contributed by atoms with Crippen molar-refractivity contribution in [2.24, 2.45) is 13.0 Å². The van der Waals surface area contributed by atoms with Crippen LogP contribution in [0.15, 0.2) is 59.0 Å². The molecule has 36 heavy (non-hydrogen) atoms.